The Morgan fingerprint density at radius 3 is 2.70 bits per heavy atom. The zero-order valence-electron chi connectivity index (χ0n) is 13.2. The number of hydrogen-bond donors (Lipinski definition) is 2. The Bertz CT molecular complexity index is 678. The number of urea groups is 1. The van der Waals surface area contributed by atoms with Crippen LogP contribution in [0.15, 0.2) is 22.7 Å². The van der Waals surface area contributed by atoms with Crippen molar-refractivity contribution in [1.29, 1.82) is 0 Å². The molecule has 0 saturated carbocycles. The molecule has 0 spiro atoms. The Balaban J connectivity index is 1.48. The van der Waals surface area contributed by atoms with Crippen LogP contribution in [0.3, 0.4) is 0 Å². The standard InChI is InChI=1S/C15H20N6O2/c1-10-4-3-5-13(16-10)21-8-6-12(7-9-21)18-14(22)19-15-17-11(2)20-23-15/h3-5,12H,6-9H2,1-2H3,(H2,17,18,19,20,22). The van der Waals surface area contributed by atoms with Crippen LogP contribution in [0.4, 0.5) is 16.6 Å². The molecule has 8 nitrogen and oxygen atoms in total. The molecule has 0 atom stereocenters. The quantitative estimate of drug-likeness (QED) is 0.897. The second-order valence-corrected chi connectivity index (χ2v) is 5.64. The minimum Gasteiger partial charge on any atom is -0.356 e. The molecule has 1 aliphatic heterocycles. The fourth-order valence-electron chi connectivity index (χ4n) is 2.62. The van der Waals surface area contributed by atoms with Crippen molar-refractivity contribution in [2.45, 2.75) is 32.7 Å². The fourth-order valence-corrected chi connectivity index (χ4v) is 2.62. The van der Waals surface area contributed by atoms with E-state index in [1.807, 2.05) is 25.1 Å². The number of carbonyl (C=O) groups excluding carboxylic acids is 1. The van der Waals surface area contributed by atoms with Gasteiger partial charge in [-0.2, -0.15) is 4.98 Å². The number of nitrogens with zero attached hydrogens (tertiary/aromatic N) is 4. The first-order valence-corrected chi connectivity index (χ1v) is 7.66. The van der Waals surface area contributed by atoms with Crippen LogP contribution >= 0.6 is 0 Å². The molecular weight excluding hydrogens is 296 g/mol. The van der Waals surface area contributed by atoms with Gasteiger partial charge in [-0.25, -0.2) is 9.78 Å². The van der Waals surface area contributed by atoms with E-state index in [-0.39, 0.29) is 18.1 Å². The van der Waals surface area contributed by atoms with Crippen LogP contribution in [-0.4, -0.2) is 40.3 Å². The van der Waals surface area contributed by atoms with Crippen LogP contribution < -0.4 is 15.5 Å². The molecule has 2 aromatic rings. The van der Waals surface area contributed by atoms with Crippen molar-refractivity contribution in [3.05, 3.63) is 29.7 Å². The number of hydrogen-bond acceptors (Lipinski definition) is 6. The van der Waals surface area contributed by atoms with E-state index in [1.165, 1.54) is 0 Å². The normalized spacial score (nSPS) is 15.5. The molecule has 0 bridgehead atoms. The molecule has 23 heavy (non-hydrogen) atoms. The van der Waals surface area contributed by atoms with Crippen molar-refractivity contribution >= 4 is 17.9 Å². The van der Waals surface area contributed by atoms with Gasteiger partial charge >= 0.3 is 12.0 Å². The van der Waals surface area contributed by atoms with Gasteiger partial charge in [-0.1, -0.05) is 11.2 Å². The zero-order chi connectivity index (χ0) is 16.2. The van der Waals surface area contributed by atoms with Gasteiger partial charge in [0.2, 0.25) is 0 Å². The van der Waals surface area contributed by atoms with E-state index in [1.54, 1.807) is 6.92 Å². The number of piperidine rings is 1. The maximum atomic E-state index is 11.9. The average Bonchev–Trinajstić information content (AvgIpc) is 2.93. The second kappa shape index (κ2) is 6.64. The van der Waals surface area contributed by atoms with Gasteiger partial charge in [0.05, 0.1) is 0 Å². The summed E-state index contributed by atoms with van der Waals surface area (Å²) in [5, 5.41) is 9.10. The minimum atomic E-state index is -0.319. The Morgan fingerprint density at radius 1 is 1.26 bits per heavy atom. The number of nitrogens with one attached hydrogen (secondary N) is 2. The fraction of sp³-hybridized carbons (Fsp3) is 0.467. The summed E-state index contributed by atoms with van der Waals surface area (Å²) in [5.74, 6) is 1.48. The van der Waals surface area contributed by atoms with Gasteiger partial charge < -0.3 is 14.7 Å². The van der Waals surface area contributed by atoms with Gasteiger partial charge in [0.25, 0.3) is 0 Å². The molecule has 2 amide bonds. The first-order chi connectivity index (χ1) is 11.1. The van der Waals surface area contributed by atoms with Gasteiger partial charge in [0.1, 0.15) is 5.82 Å². The smallest absolute Gasteiger partial charge is 0.329 e. The van der Waals surface area contributed by atoms with Crippen LogP contribution in [0, 0.1) is 13.8 Å². The molecular formula is C15H20N6O2. The van der Waals surface area contributed by atoms with E-state index in [0.29, 0.717) is 5.82 Å². The molecule has 8 heteroatoms. The van der Waals surface area contributed by atoms with Gasteiger partial charge in [0, 0.05) is 24.8 Å². The van der Waals surface area contributed by atoms with Crippen molar-refractivity contribution in [3.63, 3.8) is 0 Å². The third-order valence-corrected chi connectivity index (χ3v) is 3.78. The molecule has 2 N–H and O–H groups in total. The molecule has 3 heterocycles. The topological polar surface area (TPSA) is 96.2 Å². The second-order valence-electron chi connectivity index (χ2n) is 5.64. The molecule has 1 saturated heterocycles. The lowest BCUT2D eigenvalue weighted by molar-refractivity contribution is 0.245. The van der Waals surface area contributed by atoms with E-state index in [9.17, 15) is 4.79 Å². The lowest BCUT2D eigenvalue weighted by Gasteiger charge is -2.33. The monoisotopic (exact) mass is 316 g/mol. The van der Waals surface area contributed by atoms with Crippen molar-refractivity contribution in [3.8, 4) is 0 Å². The molecule has 122 valence electrons. The van der Waals surface area contributed by atoms with Gasteiger partial charge in [-0.05, 0) is 38.8 Å². The lowest BCUT2D eigenvalue weighted by atomic mass is 10.1. The van der Waals surface area contributed by atoms with Gasteiger partial charge in [-0.3, -0.25) is 5.32 Å². The summed E-state index contributed by atoms with van der Waals surface area (Å²) in [7, 11) is 0. The van der Waals surface area contributed by atoms with Crippen LogP contribution in [0.25, 0.3) is 0 Å². The van der Waals surface area contributed by atoms with E-state index in [2.05, 4.69) is 30.7 Å². The number of amides is 2. The first kappa shape index (κ1) is 15.3. The van der Waals surface area contributed by atoms with Crippen molar-refractivity contribution < 1.29 is 9.32 Å². The van der Waals surface area contributed by atoms with E-state index in [4.69, 9.17) is 4.52 Å². The Hall–Kier alpha value is -2.64. The van der Waals surface area contributed by atoms with Crippen LogP contribution in [-0.2, 0) is 0 Å². The number of rotatable bonds is 3. The molecule has 0 aliphatic carbocycles. The SMILES string of the molecule is Cc1cccc(N2CCC(NC(=O)Nc3nc(C)no3)CC2)n1. The maximum Gasteiger partial charge on any atom is 0.329 e. The zero-order valence-corrected chi connectivity index (χ0v) is 13.2. The number of aromatic nitrogens is 3. The predicted octanol–water partition coefficient (Wildman–Crippen LogP) is 1.87. The van der Waals surface area contributed by atoms with Crippen LogP contribution in [0.1, 0.15) is 24.4 Å². The molecule has 2 aromatic heterocycles. The minimum absolute atomic E-state index is 0.112. The largest absolute Gasteiger partial charge is 0.356 e. The summed E-state index contributed by atoms with van der Waals surface area (Å²) in [5.41, 5.74) is 1.01. The van der Waals surface area contributed by atoms with Crippen LogP contribution in [0.5, 0.6) is 0 Å². The van der Waals surface area contributed by atoms with E-state index < -0.39 is 0 Å². The predicted molar refractivity (Wildman–Crippen MR) is 85.4 cm³/mol. The van der Waals surface area contributed by atoms with Crippen LogP contribution in [0.2, 0.25) is 0 Å². The third-order valence-electron chi connectivity index (χ3n) is 3.78. The van der Waals surface area contributed by atoms with Gasteiger partial charge in [0.15, 0.2) is 5.82 Å². The molecule has 0 aromatic carbocycles. The Kier molecular flexibility index (Phi) is 4.40. The number of pyridine rings is 1. The summed E-state index contributed by atoms with van der Waals surface area (Å²) in [6.45, 7) is 5.41. The Morgan fingerprint density at radius 2 is 2.04 bits per heavy atom. The number of carbonyl (C=O) groups is 1. The first-order valence-electron chi connectivity index (χ1n) is 7.66. The van der Waals surface area contributed by atoms with Crippen molar-refractivity contribution in [2.75, 3.05) is 23.3 Å². The summed E-state index contributed by atoms with van der Waals surface area (Å²) in [6, 6.07) is 5.94. The van der Waals surface area contributed by atoms with Crippen molar-refractivity contribution in [1.82, 2.24) is 20.4 Å². The number of aryl methyl sites for hydroxylation is 2. The maximum absolute atomic E-state index is 11.9. The highest BCUT2D eigenvalue weighted by Crippen LogP contribution is 2.18. The number of anilines is 2. The summed E-state index contributed by atoms with van der Waals surface area (Å²) in [4.78, 5) is 22.6. The third kappa shape index (κ3) is 3.97. The average molecular weight is 316 g/mol. The summed E-state index contributed by atoms with van der Waals surface area (Å²) < 4.78 is 4.86. The van der Waals surface area contributed by atoms with Crippen molar-refractivity contribution in [2.24, 2.45) is 0 Å². The molecule has 1 aliphatic rings. The highest BCUT2D eigenvalue weighted by molar-refractivity contribution is 5.87. The Labute approximate surface area is 134 Å². The molecule has 1 fully saturated rings. The summed E-state index contributed by atoms with van der Waals surface area (Å²) >= 11 is 0. The molecule has 3 rings (SSSR count). The van der Waals surface area contributed by atoms with E-state index >= 15 is 0 Å². The summed E-state index contributed by atoms with van der Waals surface area (Å²) in [6.07, 6.45) is 1.73. The van der Waals surface area contributed by atoms with Gasteiger partial charge in [-0.15, -0.1) is 0 Å². The lowest BCUT2D eigenvalue weighted by Crippen LogP contribution is -2.46. The van der Waals surface area contributed by atoms with E-state index in [0.717, 1.165) is 37.4 Å². The molecule has 0 radical (unpaired) electrons. The molecule has 0 unspecified atom stereocenters. The highest BCUT2D eigenvalue weighted by atomic mass is 16.5. The highest BCUT2D eigenvalue weighted by Gasteiger charge is 2.22.